The van der Waals surface area contributed by atoms with E-state index in [2.05, 4.69) is 5.32 Å². The molecule has 1 heterocycles. The summed E-state index contributed by atoms with van der Waals surface area (Å²) in [6.07, 6.45) is 3.37. The van der Waals surface area contributed by atoms with Crippen LogP contribution in [0.5, 0.6) is 11.5 Å². The molecule has 1 amide bonds. The molecule has 3 aromatic rings. The maximum absolute atomic E-state index is 12.5. The van der Waals surface area contributed by atoms with Gasteiger partial charge >= 0.3 is 0 Å². The van der Waals surface area contributed by atoms with Crippen LogP contribution in [-0.4, -0.2) is 11.7 Å². The van der Waals surface area contributed by atoms with Crippen LogP contribution in [0.2, 0.25) is 5.02 Å². The summed E-state index contributed by atoms with van der Waals surface area (Å²) in [6, 6.07) is 17.7. The molecule has 3 rings (SSSR count). The Morgan fingerprint density at radius 1 is 1.07 bits per heavy atom. The molecule has 1 aromatic heterocycles. The topological polar surface area (TPSA) is 59.3 Å². The number of hydrogen-bond donors (Lipinski definition) is 1. The number of carbonyl (C=O) groups is 2. The van der Waals surface area contributed by atoms with Gasteiger partial charge < -0.3 is 10.1 Å². The fraction of sp³-hybridized carbons (Fsp3) is 0.0952. The van der Waals surface area contributed by atoms with E-state index in [1.807, 2.05) is 30.3 Å². The van der Waals surface area contributed by atoms with Gasteiger partial charge in [0.25, 0.3) is 5.91 Å². The summed E-state index contributed by atoms with van der Waals surface area (Å²) in [5, 5.41) is 3.30. The van der Waals surface area contributed by atoms with E-state index in [1.54, 1.807) is 47.3 Å². The lowest BCUT2D eigenvalue weighted by atomic mass is 10.2. The van der Waals surface area contributed by atoms with Gasteiger partial charge in [0.05, 0.1) is 11.3 Å². The lowest BCUT2D eigenvalue weighted by molar-refractivity contribution is -0.684. The fourth-order valence-corrected chi connectivity index (χ4v) is 2.66. The molecule has 0 spiro atoms. The SMILES string of the molecule is CC(=O)c1ccc[n+](CC(=O)Nc2cc(Cl)ccc2Oc2ccccc2)c1. The van der Waals surface area contributed by atoms with E-state index < -0.39 is 0 Å². The molecule has 5 nitrogen and oxygen atoms in total. The quantitative estimate of drug-likeness (QED) is 0.512. The normalized spacial score (nSPS) is 10.3. The molecule has 0 fully saturated rings. The Morgan fingerprint density at radius 3 is 2.59 bits per heavy atom. The zero-order chi connectivity index (χ0) is 19.2. The van der Waals surface area contributed by atoms with Gasteiger partial charge in [-0.2, -0.15) is 4.57 Å². The highest BCUT2D eigenvalue weighted by Crippen LogP contribution is 2.31. The molecule has 0 unspecified atom stereocenters. The molecule has 0 aliphatic rings. The minimum Gasteiger partial charge on any atom is -0.455 e. The van der Waals surface area contributed by atoms with Gasteiger partial charge in [0, 0.05) is 11.1 Å². The molecular formula is C21H18ClN2O3+. The molecule has 6 heteroatoms. The smallest absolute Gasteiger partial charge is 0.290 e. The first-order chi connectivity index (χ1) is 13.0. The fourth-order valence-electron chi connectivity index (χ4n) is 2.49. The lowest BCUT2D eigenvalue weighted by Gasteiger charge is -2.12. The molecule has 0 bridgehead atoms. The number of benzene rings is 2. The van der Waals surface area contributed by atoms with E-state index in [0.29, 0.717) is 27.8 Å². The van der Waals surface area contributed by atoms with Gasteiger partial charge in [0.1, 0.15) is 5.75 Å². The van der Waals surface area contributed by atoms with Gasteiger partial charge in [-0.3, -0.25) is 9.59 Å². The first kappa shape index (κ1) is 18.6. The second-order valence-electron chi connectivity index (χ2n) is 5.92. The zero-order valence-electron chi connectivity index (χ0n) is 14.7. The molecule has 1 N–H and O–H groups in total. The molecule has 0 saturated heterocycles. The van der Waals surface area contributed by atoms with Crippen molar-refractivity contribution in [2.45, 2.75) is 13.5 Å². The van der Waals surface area contributed by atoms with Crippen LogP contribution >= 0.6 is 11.6 Å². The molecule has 0 aliphatic carbocycles. The number of halogens is 1. The number of amides is 1. The number of nitrogens with zero attached hydrogens (tertiary/aromatic N) is 1. The van der Waals surface area contributed by atoms with E-state index in [9.17, 15) is 9.59 Å². The van der Waals surface area contributed by atoms with Crippen LogP contribution in [0.25, 0.3) is 0 Å². The zero-order valence-corrected chi connectivity index (χ0v) is 15.4. The lowest BCUT2D eigenvalue weighted by Crippen LogP contribution is -2.40. The van der Waals surface area contributed by atoms with Crippen molar-refractivity contribution in [1.82, 2.24) is 0 Å². The number of pyridine rings is 1. The summed E-state index contributed by atoms with van der Waals surface area (Å²) in [4.78, 5) is 23.9. The number of rotatable bonds is 6. The molecule has 0 aliphatic heterocycles. The predicted molar refractivity (Wildman–Crippen MR) is 103 cm³/mol. The van der Waals surface area contributed by atoms with Crippen molar-refractivity contribution in [3.63, 3.8) is 0 Å². The van der Waals surface area contributed by atoms with Gasteiger partial charge in [-0.25, -0.2) is 0 Å². The van der Waals surface area contributed by atoms with Crippen molar-refractivity contribution < 1.29 is 18.9 Å². The van der Waals surface area contributed by atoms with E-state index in [0.717, 1.165) is 0 Å². The predicted octanol–water partition coefficient (Wildman–Crippen LogP) is 4.26. The highest BCUT2D eigenvalue weighted by molar-refractivity contribution is 6.31. The van der Waals surface area contributed by atoms with E-state index in [-0.39, 0.29) is 18.2 Å². The van der Waals surface area contributed by atoms with Gasteiger partial charge in [-0.1, -0.05) is 29.8 Å². The Labute approximate surface area is 162 Å². The van der Waals surface area contributed by atoms with Gasteiger partial charge in [0.2, 0.25) is 6.54 Å². The van der Waals surface area contributed by atoms with Crippen molar-refractivity contribution in [2.75, 3.05) is 5.32 Å². The summed E-state index contributed by atoms with van der Waals surface area (Å²) >= 11 is 6.07. The number of carbonyl (C=O) groups excluding carboxylic acids is 2. The largest absolute Gasteiger partial charge is 0.455 e. The minimum absolute atomic E-state index is 0.0540. The molecular weight excluding hydrogens is 364 g/mol. The Hall–Kier alpha value is -3.18. The number of anilines is 1. The van der Waals surface area contributed by atoms with Crippen molar-refractivity contribution in [3.05, 3.63) is 83.6 Å². The number of para-hydroxylation sites is 1. The summed E-state index contributed by atoms with van der Waals surface area (Å²) in [7, 11) is 0. The molecule has 2 aromatic carbocycles. The minimum atomic E-state index is -0.263. The van der Waals surface area contributed by atoms with Gasteiger partial charge in [-0.15, -0.1) is 0 Å². The van der Waals surface area contributed by atoms with Crippen LogP contribution < -0.4 is 14.6 Å². The highest BCUT2D eigenvalue weighted by atomic mass is 35.5. The van der Waals surface area contributed by atoms with Gasteiger partial charge in [-0.05, 0) is 43.3 Å². The maximum atomic E-state index is 12.5. The van der Waals surface area contributed by atoms with E-state index in [1.165, 1.54) is 6.92 Å². The second-order valence-corrected chi connectivity index (χ2v) is 6.36. The number of hydrogen-bond acceptors (Lipinski definition) is 3. The van der Waals surface area contributed by atoms with Crippen LogP contribution in [0, 0.1) is 0 Å². The third-order valence-corrected chi connectivity index (χ3v) is 4.01. The highest BCUT2D eigenvalue weighted by Gasteiger charge is 2.15. The van der Waals surface area contributed by atoms with E-state index >= 15 is 0 Å². The number of Topliss-reactive ketones (excluding diaryl/α,β-unsaturated/α-hetero) is 1. The first-order valence-corrected chi connectivity index (χ1v) is 8.71. The summed E-state index contributed by atoms with van der Waals surface area (Å²) in [6.45, 7) is 1.54. The third kappa shape index (κ3) is 5.15. The van der Waals surface area contributed by atoms with Crippen LogP contribution in [0.3, 0.4) is 0 Å². The summed E-state index contributed by atoms with van der Waals surface area (Å²) in [5.41, 5.74) is 1.01. The van der Waals surface area contributed by atoms with E-state index in [4.69, 9.17) is 16.3 Å². The van der Waals surface area contributed by atoms with Crippen LogP contribution in [0.1, 0.15) is 17.3 Å². The molecule has 27 heavy (non-hydrogen) atoms. The number of ether oxygens (including phenoxy) is 1. The summed E-state index contributed by atoms with van der Waals surface area (Å²) in [5.74, 6) is 0.819. The third-order valence-electron chi connectivity index (χ3n) is 3.78. The van der Waals surface area contributed by atoms with Crippen molar-refractivity contribution in [2.24, 2.45) is 0 Å². The standard InChI is InChI=1S/C21H17ClN2O3/c1-15(25)16-6-5-11-24(13-16)14-21(26)23-19-12-17(22)9-10-20(19)27-18-7-3-2-4-8-18/h2-13H,14H2,1H3/p+1. The number of ketones is 1. The van der Waals surface area contributed by atoms with Gasteiger partial charge in [0.15, 0.2) is 23.9 Å². The van der Waals surface area contributed by atoms with Crippen molar-refractivity contribution in [1.29, 1.82) is 0 Å². The van der Waals surface area contributed by atoms with Crippen LogP contribution in [-0.2, 0) is 11.3 Å². The molecule has 0 atom stereocenters. The second kappa shape index (κ2) is 8.47. The monoisotopic (exact) mass is 381 g/mol. The maximum Gasteiger partial charge on any atom is 0.290 e. The van der Waals surface area contributed by atoms with Crippen molar-refractivity contribution >= 4 is 29.0 Å². The van der Waals surface area contributed by atoms with Crippen LogP contribution in [0.15, 0.2) is 73.1 Å². The number of nitrogens with one attached hydrogen (secondary N) is 1. The van der Waals surface area contributed by atoms with Crippen LogP contribution in [0.4, 0.5) is 5.69 Å². The number of aromatic nitrogens is 1. The Bertz CT molecular complexity index is 974. The molecule has 136 valence electrons. The van der Waals surface area contributed by atoms with Crippen molar-refractivity contribution in [3.8, 4) is 11.5 Å². The molecule has 0 saturated carbocycles. The Kier molecular flexibility index (Phi) is 5.84. The Morgan fingerprint density at radius 2 is 1.85 bits per heavy atom. The molecule has 0 radical (unpaired) electrons. The average molecular weight is 382 g/mol. The first-order valence-electron chi connectivity index (χ1n) is 8.33. The summed E-state index contributed by atoms with van der Waals surface area (Å²) < 4.78 is 7.49. The Balaban J connectivity index is 1.76. The average Bonchev–Trinajstić information content (AvgIpc) is 2.65.